The van der Waals surface area contributed by atoms with E-state index in [1.807, 2.05) is 29.0 Å². The smallest absolute Gasteiger partial charge is 0.224 e. The predicted octanol–water partition coefficient (Wildman–Crippen LogP) is 1.08. The van der Waals surface area contributed by atoms with Gasteiger partial charge in [-0.25, -0.2) is 8.42 Å². The number of carbonyl (C=O) groups excluding carboxylic acids is 1. The maximum absolute atomic E-state index is 12.4. The van der Waals surface area contributed by atoms with E-state index >= 15 is 0 Å². The summed E-state index contributed by atoms with van der Waals surface area (Å²) in [6.45, 7) is 2.09. The predicted molar refractivity (Wildman–Crippen MR) is 89.9 cm³/mol. The minimum Gasteiger partial charge on any atom is -0.338 e. The molecule has 0 N–H and O–H groups in total. The van der Waals surface area contributed by atoms with Crippen LogP contribution in [0.15, 0.2) is 24.3 Å². The Morgan fingerprint density at radius 2 is 2.04 bits per heavy atom. The van der Waals surface area contributed by atoms with Crippen molar-refractivity contribution in [2.75, 3.05) is 31.6 Å². The monoisotopic (exact) mass is 336 g/mol. The van der Waals surface area contributed by atoms with Gasteiger partial charge in [0.2, 0.25) is 5.91 Å². The molecule has 5 nitrogen and oxygen atoms in total. The molecule has 0 aliphatic carbocycles. The fourth-order valence-electron chi connectivity index (χ4n) is 3.44. The lowest BCUT2D eigenvalue weighted by Crippen LogP contribution is -2.39. The number of nitrogens with zero attached hydrogens (tertiary/aromatic N) is 2. The number of amides is 1. The minimum atomic E-state index is -2.87. The lowest BCUT2D eigenvalue weighted by molar-refractivity contribution is -0.132. The average molecular weight is 336 g/mol. The molecule has 1 fully saturated rings. The van der Waals surface area contributed by atoms with Gasteiger partial charge in [0, 0.05) is 32.1 Å². The maximum atomic E-state index is 12.4. The van der Waals surface area contributed by atoms with Gasteiger partial charge in [-0.1, -0.05) is 24.3 Å². The highest BCUT2D eigenvalue weighted by Gasteiger charge is 2.31. The second kappa shape index (κ2) is 6.61. The first-order valence-corrected chi connectivity index (χ1v) is 10.0. The summed E-state index contributed by atoms with van der Waals surface area (Å²) in [7, 11) is -0.949. The minimum absolute atomic E-state index is 0.0647. The summed E-state index contributed by atoms with van der Waals surface area (Å²) in [5, 5.41) is 0. The highest BCUT2D eigenvalue weighted by Crippen LogP contribution is 2.20. The van der Waals surface area contributed by atoms with Crippen molar-refractivity contribution >= 4 is 15.7 Å². The Balaban J connectivity index is 1.50. The zero-order valence-electron chi connectivity index (χ0n) is 13.6. The third-order valence-electron chi connectivity index (χ3n) is 4.99. The van der Waals surface area contributed by atoms with Gasteiger partial charge in [0.1, 0.15) is 0 Å². The summed E-state index contributed by atoms with van der Waals surface area (Å²) >= 11 is 0. The first-order chi connectivity index (χ1) is 10.9. The molecular formula is C17H24N2O3S. The van der Waals surface area contributed by atoms with Crippen molar-refractivity contribution in [2.45, 2.75) is 31.8 Å². The molecule has 1 atom stereocenters. The van der Waals surface area contributed by atoms with Gasteiger partial charge in [-0.3, -0.25) is 4.79 Å². The number of fused-ring (bicyclic) bond motifs is 1. The van der Waals surface area contributed by atoms with Crippen LogP contribution in [0.3, 0.4) is 0 Å². The van der Waals surface area contributed by atoms with Crippen LogP contribution in [-0.2, 0) is 27.6 Å². The van der Waals surface area contributed by atoms with Crippen molar-refractivity contribution in [3.05, 3.63) is 35.4 Å². The van der Waals surface area contributed by atoms with Crippen molar-refractivity contribution < 1.29 is 13.2 Å². The van der Waals surface area contributed by atoms with E-state index < -0.39 is 9.84 Å². The summed E-state index contributed by atoms with van der Waals surface area (Å²) in [6, 6.07) is 8.34. The van der Waals surface area contributed by atoms with E-state index in [-0.39, 0.29) is 23.5 Å². The summed E-state index contributed by atoms with van der Waals surface area (Å²) < 4.78 is 23.1. The topological polar surface area (TPSA) is 57.7 Å². The molecule has 0 spiro atoms. The average Bonchev–Trinajstić information content (AvgIpc) is 2.92. The SMILES string of the molecule is CN(CCC(=O)N1CCc2ccccc2C1)[C@H]1CCS(=O)(=O)C1. The van der Waals surface area contributed by atoms with Crippen LogP contribution in [0, 0.1) is 0 Å². The Hall–Kier alpha value is -1.40. The molecule has 1 aromatic carbocycles. The summed E-state index contributed by atoms with van der Waals surface area (Å²) in [5.41, 5.74) is 2.58. The number of carbonyl (C=O) groups is 1. The molecule has 23 heavy (non-hydrogen) atoms. The molecule has 0 aromatic heterocycles. The van der Waals surface area contributed by atoms with E-state index in [4.69, 9.17) is 0 Å². The molecule has 0 radical (unpaired) electrons. The van der Waals surface area contributed by atoms with Crippen LogP contribution in [0.25, 0.3) is 0 Å². The highest BCUT2D eigenvalue weighted by atomic mass is 32.2. The second-order valence-electron chi connectivity index (χ2n) is 6.62. The van der Waals surface area contributed by atoms with Crippen molar-refractivity contribution in [3.63, 3.8) is 0 Å². The van der Waals surface area contributed by atoms with Crippen molar-refractivity contribution in [2.24, 2.45) is 0 Å². The molecule has 1 saturated heterocycles. The second-order valence-corrected chi connectivity index (χ2v) is 8.85. The Kier molecular flexibility index (Phi) is 4.73. The Morgan fingerprint density at radius 3 is 2.74 bits per heavy atom. The summed E-state index contributed by atoms with van der Waals surface area (Å²) in [6.07, 6.45) is 2.05. The Morgan fingerprint density at radius 1 is 1.30 bits per heavy atom. The molecule has 6 heteroatoms. The summed E-state index contributed by atoms with van der Waals surface area (Å²) in [5.74, 6) is 0.667. The molecule has 0 bridgehead atoms. The van der Waals surface area contributed by atoms with Gasteiger partial charge in [-0.05, 0) is 31.0 Å². The molecule has 126 valence electrons. The largest absolute Gasteiger partial charge is 0.338 e. The van der Waals surface area contributed by atoms with Crippen LogP contribution in [0.1, 0.15) is 24.0 Å². The molecular weight excluding hydrogens is 312 g/mol. The van der Waals surface area contributed by atoms with E-state index in [1.165, 1.54) is 11.1 Å². The maximum Gasteiger partial charge on any atom is 0.224 e. The normalized spacial score (nSPS) is 23.0. The molecule has 1 aromatic rings. The van der Waals surface area contributed by atoms with E-state index in [0.717, 1.165) is 13.0 Å². The third kappa shape index (κ3) is 3.93. The standard InChI is InChI=1S/C17H24N2O3S/c1-18(16-8-11-23(21,22)13-16)9-7-17(20)19-10-6-14-4-2-3-5-15(14)12-19/h2-5,16H,6-13H2,1H3/t16-/m0/s1. The highest BCUT2D eigenvalue weighted by molar-refractivity contribution is 7.91. The lowest BCUT2D eigenvalue weighted by atomic mass is 10.00. The fraction of sp³-hybridized carbons (Fsp3) is 0.588. The first kappa shape index (κ1) is 16.5. The number of hydrogen-bond acceptors (Lipinski definition) is 4. The van der Waals surface area contributed by atoms with Crippen molar-refractivity contribution in [1.29, 1.82) is 0 Å². The number of sulfone groups is 1. The lowest BCUT2D eigenvalue weighted by Gasteiger charge is -2.30. The molecule has 2 heterocycles. The quantitative estimate of drug-likeness (QED) is 0.826. The third-order valence-corrected chi connectivity index (χ3v) is 6.74. The van der Waals surface area contributed by atoms with Crippen LogP contribution >= 0.6 is 0 Å². The van der Waals surface area contributed by atoms with Crippen molar-refractivity contribution in [3.8, 4) is 0 Å². The van der Waals surface area contributed by atoms with Crippen LogP contribution in [0.5, 0.6) is 0 Å². The zero-order valence-corrected chi connectivity index (χ0v) is 14.4. The van der Waals surface area contributed by atoms with E-state index in [2.05, 4.69) is 12.1 Å². The van der Waals surface area contributed by atoms with Gasteiger partial charge in [-0.2, -0.15) is 0 Å². The van der Waals surface area contributed by atoms with Crippen LogP contribution in [-0.4, -0.2) is 61.8 Å². The fourth-order valence-corrected chi connectivity index (χ4v) is 5.25. The molecule has 0 unspecified atom stereocenters. The molecule has 2 aliphatic heterocycles. The van der Waals surface area contributed by atoms with Gasteiger partial charge < -0.3 is 9.80 Å². The number of benzene rings is 1. The molecule has 2 aliphatic rings. The van der Waals surface area contributed by atoms with E-state index in [9.17, 15) is 13.2 Å². The van der Waals surface area contributed by atoms with Crippen LogP contribution in [0.4, 0.5) is 0 Å². The van der Waals surface area contributed by atoms with E-state index in [1.54, 1.807) is 0 Å². The van der Waals surface area contributed by atoms with Crippen LogP contribution < -0.4 is 0 Å². The van der Waals surface area contributed by atoms with Gasteiger partial charge in [0.25, 0.3) is 0 Å². The van der Waals surface area contributed by atoms with Gasteiger partial charge in [0.15, 0.2) is 9.84 Å². The molecule has 3 rings (SSSR count). The van der Waals surface area contributed by atoms with Gasteiger partial charge in [0.05, 0.1) is 11.5 Å². The number of hydrogen-bond donors (Lipinski definition) is 0. The van der Waals surface area contributed by atoms with Gasteiger partial charge >= 0.3 is 0 Å². The van der Waals surface area contributed by atoms with Crippen LogP contribution in [0.2, 0.25) is 0 Å². The zero-order chi connectivity index (χ0) is 16.4. The van der Waals surface area contributed by atoms with Crippen molar-refractivity contribution in [1.82, 2.24) is 9.80 Å². The van der Waals surface area contributed by atoms with E-state index in [0.29, 0.717) is 25.9 Å². The Bertz CT molecular complexity index is 687. The first-order valence-electron chi connectivity index (χ1n) is 8.20. The number of rotatable bonds is 4. The Labute approximate surface area is 138 Å². The van der Waals surface area contributed by atoms with Gasteiger partial charge in [-0.15, -0.1) is 0 Å². The molecule has 0 saturated carbocycles. The molecule has 1 amide bonds. The summed E-state index contributed by atoms with van der Waals surface area (Å²) in [4.78, 5) is 16.4.